The minimum absolute atomic E-state index is 0.299. The van der Waals surface area contributed by atoms with Crippen LogP contribution in [0.5, 0.6) is 0 Å². The van der Waals surface area contributed by atoms with Crippen molar-refractivity contribution in [1.29, 1.82) is 0 Å². The maximum atomic E-state index is 13.2. The molecule has 3 aromatic carbocycles. The summed E-state index contributed by atoms with van der Waals surface area (Å²) in [5.41, 5.74) is 2.23. The van der Waals surface area contributed by atoms with Gasteiger partial charge in [-0.25, -0.2) is 4.98 Å². The van der Waals surface area contributed by atoms with Crippen molar-refractivity contribution in [1.82, 2.24) is 19.8 Å². The molecule has 0 fully saturated rings. The van der Waals surface area contributed by atoms with E-state index in [1.165, 1.54) is 11.6 Å². The summed E-state index contributed by atoms with van der Waals surface area (Å²) in [6.45, 7) is 0.650. The Labute approximate surface area is 181 Å². The molecule has 5 nitrogen and oxygen atoms in total. The first-order valence-electron chi connectivity index (χ1n) is 10.1. The van der Waals surface area contributed by atoms with Crippen molar-refractivity contribution < 1.29 is 13.2 Å². The maximum absolute atomic E-state index is 13.2. The van der Waals surface area contributed by atoms with Gasteiger partial charge >= 0.3 is 6.18 Å². The second kappa shape index (κ2) is 7.96. The van der Waals surface area contributed by atoms with Crippen LogP contribution in [0, 0.1) is 0 Å². The van der Waals surface area contributed by atoms with Crippen LogP contribution in [-0.2, 0) is 12.6 Å². The summed E-state index contributed by atoms with van der Waals surface area (Å²) in [7, 11) is 0. The molecule has 0 saturated heterocycles. The number of para-hydroxylation sites is 1. The molecule has 0 spiro atoms. The van der Waals surface area contributed by atoms with E-state index in [1.54, 1.807) is 10.6 Å². The molecule has 32 heavy (non-hydrogen) atoms. The summed E-state index contributed by atoms with van der Waals surface area (Å²) in [6, 6.07) is 22.7. The third-order valence-corrected chi connectivity index (χ3v) is 5.26. The number of fused-ring (bicyclic) bond motifs is 3. The van der Waals surface area contributed by atoms with Crippen LogP contribution in [0.3, 0.4) is 0 Å². The molecule has 0 aliphatic heterocycles. The van der Waals surface area contributed by atoms with Gasteiger partial charge < -0.3 is 5.32 Å². The molecule has 1 N–H and O–H groups in total. The SMILES string of the molecule is FC(F)(F)c1cccc(-c2nnn3c2nc(NCCc2ccccc2)c2ccccc23)c1. The minimum atomic E-state index is -4.44. The van der Waals surface area contributed by atoms with Gasteiger partial charge in [0.05, 0.1) is 11.1 Å². The third-order valence-electron chi connectivity index (χ3n) is 5.26. The van der Waals surface area contributed by atoms with Crippen molar-refractivity contribution >= 4 is 22.4 Å². The summed E-state index contributed by atoms with van der Waals surface area (Å²) in [4.78, 5) is 4.71. The summed E-state index contributed by atoms with van der Waals surface area (Å²) >= 11 is 0. The van der Waals surface area contributed by atoms with E-state index < -0.39 is 11.7 Å². The second-order valence-electron chi connectivity index (χ2n) is 7.39. The van der Waals surface area contributed by atoms with Gasteiger partial charge in [0.15, 0.2) is 5.65 Å². The Morgan fingerprint density at radius 1 is 0.875 bits per heavy atom. The Balaban J connectivity index is 1.57. The average Bonchev–Trinajstić information content (AvgIpc) is 3.23. The van der Waals surface area contributed by atoms with E-state index in [-0.39, 0.29) is 0 Å². The standard InChI is InChI=1S/C24H18F3N5/c25-24(26,27)18-10-6-9-17(15-18)21-23-29-22(28-14-13-16-7-2-1-3-8-16)19-11-4-5-12-20(19)32(23)31-30-21/h1-12,15H,13-14H2,(H,28,29). The van der Waals surface area contributed by atoms with E-state index in [1.807, 2.05) is 42.5 Å². The van der Waals surface area contributed by atoms with Crippen LogP contribution in [0.15, 0.2) is 78.9 Å². The monoisotopic (exact) mass is 433 g/mol. The van der Waals surface area contributed by atoms with Crippen molar-refractivity contribution in [3.05, 3.63) is 90.0 Å². The third kappa shape index (κ3) is 3.75. The summed E-state index contributed by atoms with van der Waals surface area (Å²) in [6.07, 6.45) is -3.64. The fourth-order valence-electron chi connectivity index (χ4n) is 3.70. The molecule has 2 heterocycles. The van der Waals surface area contributed by atoms with Gasteiger partial charge in [0.2, 0.25) is 0 Å². The van der Waals surface area contributed by atoms with E-state index >= 15 is 0 Å². The van der Waals surface area contributed by atoms with Crippen LogP contribution in [0.25, 0.3) is 27.8 Å². The number of rotatable bonds is 5. The lowest BCUT2D eigenvalue weighted by Crippen LogP contribution is -2.08. The molecule has 2 aromatic heterocycles. The van der Waals surface area contributed by atoms with E-state index in [9.17, 15) is 13.2 Å². The number of alkyl halides is 3. The van der Waals surface area contributed by atoms with E-state index in [0.717, 1.165) is 29.5 Å². The molecule has 0 amide bonds. The summed E-state index contributed by atoms with van der Waals surface area (Å²) in [5.74, 6) is 0.638. The van der Waals surface area contributed by atoms with Gasteiger partial charge in [0.25, 0.3) is 0 Å². The molecule has 0 bridgehead atoms. The van der Waals surface area contributed by atoms with Crippen molar-refractivity contribution in [3.8, 4) is 11.3 Å². The van der Waals surface area contributed by atoms with Gasteiger partial charge in [-0.2, -0.15) is 17.7 Å². The highest BCUT2D eigenvalue weighted by atomic mass is 19.4. The number of hydrogen-bond acceptors (Lipinski definition) is 4. The van der Waals surface area contributed by atoms with Crippen LogP contribution in [-0.4, -0.2) is 26.4 Å². The smallest absolute Gasteiger partial charge is 0.369 e. The molecule has 8 heteroatoms. The predicted molar refractivity (Wildman–Crippen MR) is 117 cm³/mol. The van der Waals surface area contributed by atoms with E-state index in [4.69, 9.17) is 4.98 Å². The van der Waals surface area contributed by atoms with Crippen LogP contribution in [0.1, 0.15) is 11.1 Å². The summed E-state index contributed by atoms with van der Waals surface area (Å²) in [5, 5.41) is 12.6. The lowest BCUT2D eigenvalue weighted by Gasteiger charge is -2.11. The maximum Gasteiger partial charge on any atom is 0.416 e. The van der Waals surface area contributed by atoms with Crippen LogP contribution in [0.4, 0.5) is 19.0 Å². The van der Waals surface area contributed by atoms with Crippen molar-refractivity contribution in [2.75, 3.05) is 11.9 Å². The zero-order chi connectivity index (χ0) is 22.1. The highest BCUT2D eigenvalue weighted by molar-refractivity contribution is 5.93. The molecule has 5 rings (SSSR count). The Hall–Kier alpha value is -3.94. The van der Waals surface area contributed by atoms with Crippen LogP contribution >= 0.6 is 0 Å². The highest BCUT2D eigenvalue weighted by Gasteiger charge is 2.31. The zero-order valence-corrected chi connectivity index (χ0v) is 16.8. The number of benzene rings is 3. The molecule has 0 aliphatic rings. The number of nitrogens with one attached hydrogen (secondary N) is 1. The molecule has 0 atom stereocenters. The van der Waals surface area contributed by atoms with Crippen LogP contribution in [0.2, 0.25) is 0 Å². The molecular weight excluding hydrogens is 415 g/mol. The lowest BCUT2D eigenvalue weighted by molar-refractivity contribution is -0.137. The summed E-state index contributed by atoms with van der Waals surface area (Å²) < 4.78 is 41.2. The van der Waals surface area contributed by atoms with E-state index in [2.05, 4.69) is 27.8 Å². The quantitative estimate of drug-likeness (QED) is 0.391. The molecule has 5 aromatic rings. The molecule has 0 radical (unpaired) electrons. The largest absolute Gasteiger partial charge is 0.416 e. The number of hydrogen-bond donors (Lipinski definition) is 1. The van der Waals surface area contributed by atoms with Gasteiger partial charge in [-0.3, -0.25) is 0 Å². The van der Waals surface area contributed by atoms with Crippen molar-refractivity contribution in [3.63, 3.8) is 0 Å². The number of anilines is 1. The van der Waals surface area contributed by atoms with Gasteiger partial charge in [-0.1, -0.05) is 59.8 Å². The lowest BCUT2D eigenvalue weighted by atomic mass is 10.1. The number of halogens is 3. The molecule has 160 valence electrons. The first-order valence-corrected chi connectivity index (χ1v) is 10.1. The number of aromatic nitrogens is 4. The van der Waals surface area contributed by atoms with Crippen molar-refractivity contribution in [2.45, 2.75) is 12.6 Å². The average molecular weight is 433 g/mol. The highest BCUT2D eigenvalue weighted by Crippen LogP contribution is 2.33. The topological polar surface area (TPSA) is 55.1 Å². The van der Waals surface area contributed by atoms with E-state index in [0.29, 0.717) is 29.3 Å². The fraction of sp³-hybridized carbons (Fsp3) is 0.125. The fourth-order valence-corrected chi connectivity index (χ4v) is 3.70. The van der Waals surface area contributed by atoms with Gasteiger partial charge in [-0.05, 0) is 36.2 Å². The normalized spacial score (nSPS) is 11.8. The first kappa shape index (κ1) is 20.0. The molecule has 0 aliphatic carbocycles. The molecule has 0 unspecified atom stereocenters. The van der Waals surface area contributed by atoms with Gasteiger partial charge in [0, 0.05) is 17.5 Å². The number of nitrogens with zero attached hydrogens (tertiary/aromatic N) is 4. The van der Waals surface area contributed by atoms with Gasteiger partial charge in [0.1, 0.15) is 11.5 Å². The minimum Gasteiger partial charge on any atom is -0.369 e. The Morgan fingerprint density at radius 2 is 1.66 bits per heavy atom. The Kier molecular flexibility index (Phi) is 4.97. The predicted octanol–water partition coefficient (Wildman–Crippen LogP) is 5.62. The van der Waals surface area contributed by atoms with Gasteiger partial charge in [-0.15, -0.1) is 5.10 Å². The molecular formula is C24H18F3N5. The Bertz CT molecular complexity index is 1390. The first-order chi connectivity index (χ1) is 15.5. The molecule has 0 saturated carbocycles. The Morgan fingerprint density at radius 3 is 2.47 bits per heavy atom. The van der Waals surface area contributed by atoms with Crippen LogP contribution < -0.4 is 5.32 Å². The van der Waals surface area contributed by atoms with Crippen molar-refractivity contribution in [2.24, 2.45) is 0 Å². The zero-order valence-electron chi connectivity index (χ0n) is 16.8. The second-order valence-corrected chi connectivity index (χ2v) is 7.39.